The number of azo groups is 1. The van der Waals surface area contributed by atoms with Gasteiger partial charge in [-0.3, -0.25) is 0 Å². The van der Waals surface area contributed by atoms with Crippen molar-refractivity contribution in [3.63, 3.8) is 0 Å². The van der Waals surface area contributed by atoms with Crippen molar-refractivity contribution in [1.82, 2.24) is 0 Å². The standard InChI is InChI=1S/C16H10N2O4/c19-15-11-7-3-1-5-9(11)13(21-15)17-18-14-10-6-2-4-8-12(10)16(20)22-14/h1-8,13-14H. The number of ether oxygens (including phenoxy) is 2. The normalized spacial score (nSPS) is 22.4. The lowest BCUT2D eigenvalue weighted by Gasteiger charge is -2.06. The molecule has 2 aromatic rings. The lowest BCUT2D eigenvalue weighted by atomic mass is 10.1. The number of hydrogen-bond donors (Lipinski definition) is 0. The monoisotopic (exact) mass is 294 g/mol. The minimum absolute atomic E-state index is 0.427. The van der Waals surface area contributed by atoms with Gasteiger partial charge in [-0.15, -0.1) is 10.2 Å². The van der Waals surface area contributed by atoms with Crippen molar-refractivity contribution in [3.8, 4) is 0 Å². The highest BCUT2D eigenvalue weighted by Gasteiger charge is 2.33. The fourth-order valence-corrected chi connectivity index (χ4v) is 2.55. The summed E-state index contributed by atoms with van der Waals surface area (Å²) in [7, 11) is 0. The maximum absolute atomic E-state index is 11.7. The van der Waals surface area contributed by atoms with Crippen LogP contribution >= 0.6 is 0 Å². The van der Waals surface area contributed by atoms with Crippen LogP contribution < -0.4 is 0 Å². The number of esters is 2. The average molecular weight is 294 g/mol. The van der Waals surface area contributed by atoms with E-state index in [9.17, 15) is 9.59 Å². The minimum atomic E-state index is -0.796. The van der Waals surface area contributed by atoms with Crippen molar-refractivity contribution in [3.05, 3.63) is 70.8 Å². The summed E-state index contributed by atoms with van der Waals surface area (Å²) in [6, 6.07) is 14.0. The molecule has 2 unspecified atom stereocenters. The minimum Gasteiger partial charge on any atom is -0.430 e. The molecule has 108 valence electrons. The molecule has 2 atom stereocenters. The molecular formula is C16H10N2O4. The lowest BCUT2D eigenvalue weighted by Crippen LogP contribution is -1.98. The van der Waals surface area contributed by atoms with Crippen molar-refractivity contribution in [1.29, 1.82) is 0 Å². The predicted molar refractivity (Wildman–Crippen MR) is 74.1 cm³/mol. The Morgan fingerprint density at radius 3 is 1.55 bits per heavy atom. The summed E-state index contributed by atoms with van der Waals surface area (Å²) >= 11 is 0. The van der Waals surface area contributed by atoms with Crippen LogP contribution in [0.2, 0.25) is 0 Å². The summed E-state index contributed by atoms with van der Waals surface area (Å²) in [4.78, 5) is 23.4. The number of benzene rings is 2. The highest BCUT2D eigenvalue weighted by atomic mass is 16.6. The fraction of sp³-hybridized carbons (Fsp3) is 0.125. The SMILES string of the molecule is O=C1OC(N=NC2OC(=O)c3ccccc32)c2ccccc21. The molecule has 0 saturated carbocycles. The zero-order chi connectivity index (χ0) is 15.1. The molecule has 0 saturated heterocycles. The van der Waals surface area contributed by atoms with E-state index in [0.29, 0.717) is 22.3 Å². The van der Waals surface area contributed by atoms with Gasteiger partial charge in [-0.1, -0.05) is 36.4 Å². The van der Waals surface area contributed by atoms with Crippen molar-refractivity contribution in [2.75, 3.05) is 0 Å². The molecule has 6 nitrogen and oxygen atoms in total. The molecule has 0 radical (unpaired) electrons. The Bertz CT molecular complexity index is 748. The number of carbonyl (C=O) groups excluding carboxylic acids is 2. The molecule has 2 aromatic carbocycles. The van der Waals surface area contributed by atoms with Crippen LogP contribution in [0.3, 0.4) is 0 Å². The fourth-order valence-electron chi connectivity index (χ4n) is 2.55. The number of fused-ring (bicyclic) bond motifs is 2. The second-order valence-electron chi connectivity index (χ2n) is 4.92. The first kappa shape index (κ1) is 12.7. The molecule has 0 aromatic heterocycles. The van der Waals surface area contributed by atoms with Gasteiger partial charge >= 0.3 is 11.9 Å². The molecule has 4 rings (SSSR count). The van der Waals surface area contributed by atoms with Gasteiger partial charge in [-0.05, 0) is 12.1 Å². The molecule has 0 N–H and O–H groups in total. The zero-order valence-corrected chi connectivity index (χ0v) is 11.3. The summed E-state index contributed by atoms with van der Waals surface area (Å²) in [5, 5.41) is 8.07. The Kier molecular flexibility index (Phi) is 2.75. The van der Waals surface area contributed by atoms with E-state index in [4.69, 9.17) is 9.47 Å². The first-order valence-corrected chi connectivity index (χ1v) is 6.74. The van der Waals surface area contributed by atoms with Crippen LogP contribution in [0.1, 0.15) is 44.3 Å². The van der Waals surface area contributed by atoms with Gasteiger partial charge in [0, 0.05) is 11.1 Å². The molecule has 0 amide bonds. The summed E-state index contributed by atoms with van der Waals surface area (Å²) < 4.78 is 10.3. The largest absolute Gasteiger partial charge is 0.430 e. The second-order valence-corrected chi connectivity index (χ2v) is 4.92. The van der Waals surface area contributed by atoms with Gasteiger partial charge in [0.25, 0.3) is 0 Å². The van der Waals surface area contributed by atoms with Gasteiger partial charge in [0.05, 0.1) is 11.1 Å². The Balaban J connectivity index is 1.62. The molecule has 6 heteroatoms. The quantitative estimate of drug-likeness (QED) is 0.629. The molecule has 22 heavy (non-hydrogen) atoms. The van der Waals surface area contributed by atoms with Crippen LogP contribution in [-0.4, -0.2) is 11.9 Å². The van der Waals surface area contributed by atoms with Gasteiger partial charge in [-0.25, -0.2) is 9.59 Å². The van der Waals surface area contributed by atoms with Crippen molar-refractivity contribution in [2.24, 2.45) is 10.2 Å². The third kappa shape index (κ3) is 1.88. The predicted octanol–water partition coefficient (Wildman–Crippen LogP) is 3.18. The number of cyclic esters (lactones) is 2. The van der Waals surface area contributed by atoms with Crippen molar-refractivity contribution < 1.29 is 19.1 Å². The van der Waals surface area contributed by atoms with Crippen LogP contribution in [0.25, 0.3) is 0 Å². The Labute approximate surface area is 125 Å². The summed E-state index contributed by atoms with van der Waals surface area (Å²) in [6.07, 6.45) is -1.59. The van der Waals surface area contributed by atoms with Crippen molar-refractivity contribution >= 4 is 11.9 Å². The van der Waals surface area contributed by atoms with Gasteiger partial charge in [0.1, 0.15) is 0 Å². The zero-order valence-electron chi connectivity index (χ0n) is 11.3. The highest BCUT2D eigenvalue weighted by molar-refractivity contribution is 5.94. The lowest BCUT2D eigenvalue weighted by molar-refractivity contribution is 0.0299. The molecule has 0 bridgehead atoms. The van der Waals surface area contributed by atoms with E-state index in [1.54, 1.807) is 48.5 Å². The molecule has 2 aliphatic rings. The van der Waals surface area contributed by atoms with Crippen LogP contribution in [0, 0.1) is 0 Å². The topological polar surface area (TPSA) is 77.3 Å². The Morgan fingerprint density at radius 1 is 0.682 bits per heavy atom. The smallest absolute Gasteiger partial charge is 0.340 e. The molecule has 0 fully saturated rings. The second kappa shape index (κ2) is 4.77. The maximum atomic E-state index is 11.7. The van der Waals surface area contributed by atoms with E-state index >= 15 is 0 Å². The summed E-state index contributed by atoms with van der Waals surface area (Å²) in [6.45, 7) is 0. The average Bonchev–Trinajstić information content (AvgIpc) is 3.04. The third-order valence-corrected chi connectivity index (χ3v) is 3.61. The van der Waals surface area contributed by atoms with E-state index in [1.165, 1.54) is 0 Å². The molecule has 2 heterocycles. The third-order valence-electron chi connectivity index (χ3n) is 3.61. The van der Waals surface area contributed by atoms with Crippen LogP contribution in [0.4, 0.5) is 0 Å². The summed E-state index contributed by atoms with van der Waals surface area (Å²) in [5.41, 5.74) is 2.29. The number of carbonyl (C=O) groups is 2. The van der Waals surface area contributed by atoms with Gasteiger partial charge in [0.15, 0.2) is 0 Å². The first-order chi connectivity index (χ1) is 10.7. The van der Waals surface area contributed by atoms with Gasteiger partial charge in [0.2, 0.25) is 12.5 Å². The van der Waals surface area contributed by atoms with E-state index in [-0.39, 0.29) is 0 Å². The maximum Gasteiger partial charge on any atom is 0.340 e. The number of rotatable bonds is 2. The molecule has 0 aliphatic carbocycles. The van der Waals surface area contributed by atoms with Gasteiger partial charge in [-0.2, -0.15) is 0 Å². The highest BCUT2D eigenvalue weighted by Crippen LogP contribution is 2.35. The van der Waals surface area contributed by atoms with E-state index in [0.717, 1.165) is 0 Å². The summed E-state index contributed by atoms with van der Waals surface area (Å²) in [5.74, 6) is -0.855. The molecule has 0 spiro atoms. The van der Waals surface area contributed by atoms with Crippen LogP contribution in [0.5, 0.6) is 0 Å². The number of nitrogens with zero attached hydrogens (tertiary/aromatic N) is 2. The van der Waals surface area contributed by atoms with E-state index in [2.05, 4.69) is 10.2 Å². The molecular weight excluding hydrogens is 284 g/mol. The van der Waals surface area contributed by atoms with Gasteiger partial charge < -0.3 is 9.47 Å². The molecule has 2 aliphatic heterocycles. The first-order valence-electron chi connectivity index (χ1n) is 6.74. The van der Waals surface area contributed by atoms with E-state index < -0.39 is 24.4 Å². The van der Waals surface area contributed by atoms with E-state index in [1.807, 2.05) is 0 Å². The number of hydrogen-bond acceptors (Lipinski definition) is 6. The Morgan fingerprint density at radius 2 is 1.09 bits per heavy atom. The van der Waals surface area contributed by atoms with Crippen molar-refractivity contribution in [2.45, 2.75) is 12.5 Å². The Hall–Kier alpha value is -3.02. The van der Waals surface area contributed by atoms with Crippen LogP contribution in [0.15, 0.2) is 58.8 Å². The van der Waals surface area contributed by atoms with Crippen LogP contribution in [-0.2, 0) is 9.47 Å².